The van der Waals surface area contributed by atoms with Crippen LogP contribution in [0.15, 0.2) is 36.5 Å². The number of benzene rings is 1. The van der Waals surface area contributed by atoms with Crippen LogP contribution in [0.4, 0.5) is 0 Å². The van der Waals surface area contributed by atoms with Crippen LogP contribution in [-0.4, -0.2) is 22.7 Å². The van der Waals surface area contributed by atoms with Crippen LogP contribution in [0.3, 0.4) is 0 Å². The van der Waals surface area contributed by atoms with Gasteiger partial charge in [0.05, 0.1) is 17.1 Å². The molecule has 2 rings (SSSR count). The summed E-state index contributed by atoms with van der Waals surface area (Å²) in [5.41, 5.74) is 1.32. The van der Waals surface area contributed by atoms with Crippen molar-refractivity contribution in [2.45, 2.75) is 26.3 Å². The molecule has 4 nitrogen and oxygen atoms in total. The highest BCUT2D eigenvalue weighted by Crippen LogP contribution is 2.16. The third-order valence-corrected chi connectivity index (χ3v) is 3.10. The van der Waals surface area contributed by atoms with Crippen molar-refractivity contribution in [3.63, 3.8) is 0 Å². The number of nitrogens with one attached hydrogen (secondary N) is 1. The second kappa shape index (κ2) is 5.61. The Balaban J connectivity index is 2.34. The van der Waals surface area contributed by atoms with Gasteiger partial charge in [-0.2, -0.15) is 0 Å². The molecule has 0 aliphatic rings. The number of carbonyl (C=O) groups excluding carboxylic acids is 2. The molecule has 1 aromatic heterocycles. The summed E-state index contributed by atoms with van der Waals surface area (Å²) < 4.78 is 0. The van der Waals surface area contributed by atoms with Crippen molar-refractivity contribution in [1.29, 1.82) is 0 Å². The van der Waals surface area contributed by atoms with Gasteiger partial charge in [0.25, 0.3) is 5.91 Å². The van der Waals surface area contributed by atoms with Crippen LogP contribution in [0.25, 0.3) is 10.9 Å². The van der Waals surface area contributed by atoms with Gasteiger partial charge >= 0.3 is 0 Å². The predicted octanol–water partition coefficient (Wildman–Crippen LogP) is 2.33. The predicted molar refractivity (Wildman–Crippen MR) is 74.0 cm³/mol. The normalized spacial score (nSPS) is 12.1. The Hall–Kier alpha value is -2.23. The molecule has 4 heteroatoms. The zero-order valence-corrected chi connectivity index (χ0v) is 11.0. The number of hydrogen-bond acceptors (Lipinski definition) is 3. The summed E-state index contributed by atoms with van der Waals surface area (Å²) in [6, 6.07) is 8.69. The maximum atomic E-state index is 12.2. The Morgan fingerprint density at radius 1 is 1.26 bits per heavy atom. The smallest absolute Gasteiger partial charge is 0.252 e. The third kappa shape index (κ3) is 2.78. The first-order valence-electron chi connectivity index (χ1n) is 6.28. The molecule has 1 heterocycles. The average molecular weight is 256 g/mol. The van der Waals surface area contributed by atoms with E-state index in [0.717, 1.165) is 10.9 Å². The van der Waals surface area contributed by atoms with Crippen LogP contribution in [0.2, 0.25) is 0 Å². The fraction of sp³-hybridized carbons (Fsp3) is 0.267. The second-order valence-corrected chi connectivity index (χ2v) is 4.42. The van der Waals surface area contributed by atoms with Gasteiger partial charge in [0.15, 0.2) is 5.78 Å². The number of aromatic nitrogens is 1. The Morgan fingerprint density at radius 2 is 2.00 bits per heavy atom. The van der Waals surface area contributed by atoms with Gasteiger partial charge in [-0.1, -0.05) is 25.1 Å². The van der Waals surface area contributed by atoms with Gasteiger partial charge < -0.3 is 5.32 Å². The van der Waals surface area contributed by atoms with Crippen molar-refractivity contribution in [1.82, 2.24) is 10.3 Å². The zero-order valence-electron chi connectivity index (χ0n) is 11.0. The monoisotopic (exact) mass is 256 g/mol. The van der Waals surface area contributed by atoms with Crippen molar-refractivity contribution in [2.75, 3.05) is 0 Å². The Labute approximate surface area is 111 Å². The second-order valence-electron chi connectivity index (χ2n) is 4.42. The van der Waals surface area contributed by atoms with E-state index in [2.05, 4.69) is 10.3 Å². The highest BCUT2D eigenvalue weighted by molar-refractivity contribution is 6.07. The Morgan fingerprint density at radius 3 is 2.68 bits per heavy atom. The van der Waals surface area contributed by atoms with Gasteiger partial charge in [0.2, 0.25) is 0 Å². The number of carbonyl (C=O) groups is 2. The maximum Gasteiger partial charge on any atom is 0.252 e. The molecule has 1 amide bonds. The summed E-state index contributed by atoms with van der Waals surface area (Å²) in [6.45, 7) is 3.36. The molecule has 19 heavy (non-hydrogen) atoms. The summed E-state index contributed by atoms with van der Waals surface area (Å²) in [7, 11) is 0. The number of Topliss-reactive ketones (excluding diaryl/α,β-unsaturated/α-hetero) is 1. The lowest BCUT2D eigenvalue weighted by molar-refractivity contribution is -0.118. The molecule has 0 bridgehead atoms. The molecule has 1 N–H and O–H groups in total. The Bertz CT molecular complexity index is 617. The molecule has 1 aromatic carbocycles. The van der Waals surface area contributed by atoms with E-state index >= 15 is 0 Å². The van der Waals surface area contributed by atoms with Gasteiger partial charge in [0.1, 0.15) is 0 Å². The molecule has 0 radical (unpaired) electrons. The van der Waals surface area contributed by atoms with Crippen LogP contribution < -0.4 is 5.32 Å². The van der Waals surface area contributed by atoms with Crippen molar-refractivity contribution < 1.29 is 9.59 Å². The lowest BCUT2D eigenvalue weighted by Crippen LogP contribution is -2.39. The largest absolute Gasteiger partial charge is 0.342 e. The zero-order chi connectivity index (χ0) is 13.8. The number of nitrogens with zero attached hydrogens (tertiary/aromatic N) is 1. The van der Waals surface area contributed by atoms with Gasteiger partial charge in [-0.3, -0.25) is 14.6 Å². The molecule has 0 fully saturated rings. The molecule has 0 saturated carbocycles. The standard InChI is InChI=1S/C15H16N2O2/c1-3-13(10(2)18)17-15(19)12-8-9-16-14-7-5-4-6-11(12)14/h4-9,13H,3H2,1-2H3,(H,17,19)/t13-/m1/s1. The third-order valence-electron chi connectivity index (χ3n) is 3.10. The summed E-state index contributed by atoms with van der Waals surface area (Å²) in [4.78, 5) is 27.8. The maximum absolute atomic E-state index is 12.2. The molecular formula is C15H16N2O2. The summed E-state index contributed by atoms with van der Waals surface area (Å²) in [5, 5.41) is 3.55. The lowest BCUT2D eigenvalue weighted by Gasteiger charge is -2.14. The summed E-state index contributed by atoms with van der Waals surface area (Å²) >= 11 is 0. The number of fused-ring (bicyclic) bond motifs is 1. The van der Waals surface area contributed by atoms with Gasteiger partial charge in [-0.25, -0.2) is 0 Å². The highest BCUT2D eigenvalue weighted by Gasteiger charge is 2.17. The average Bonchev–Trinajstić information content (AvgIpc) is 2.43. The number of pyridine rings is 1. The summed E-state index contributed by atoms with van der Waals surface area (Å²) in [6.07, 6.45) is 2.19. The summed E-state index contributed by atoms with van der Waals surface area (Å²) in [5.74, 6) is -0.269. The van der Waals surface area contributed by atoms with Gasteiger partial charge in [0, 0.05) is 11.6 Å². The highest BCUT2D eigenvalue weighted by atomic mass is 16.2. The fourth-order valence-electron chi connectivity index (χ4n) is 2.02. The number of para-hydroxylation sites is 1. The first-order chi connectivity index (χ1) is 9.13. The minimum absolute atomic E-state index is 0.0331. The first kappa shape index (κ1) is 13.2. The van der Waals surface area contributed by atoms with E-state index in [1.165, 1.54) is 6.92 Å². The van der Waals surface area contributed by atoms with Crippen molar-refractivity contribution in [3.8, 4) is 0 Å². The molecule has 98 valence electrons. The van der Waals surface area contributed by atoms with Crippen molar-refractivity contribution in [2.24, 2.45) is 0 Å². The van der Waals surface area contributed by atoms with E-state index < -0.39 is 6.04 Å². The topological polar surface area (TPSA) is 59.1 Å². The van der Waals surface area contributed by atoms with E-state index in [1.807, 2.05) is 31.2 Å². The van der Waals surface area contributed by atoms with Crippen molar-refractivity contribution >= 4 is 22.6 Å². The number of rotatable bonds is 4. The van der Waals surface area contributed by atoms with Crippen LogP contribution >= 0.6 is 0 Å². The quantitative estimate of drug-likeness (QED) is 0.913. The van der Waals surface area contributed by atoms with E-state index in [1.54, 1.807) is 12.3 Å². The van der Waals surface area contributed by atoms with Gasteiger partial charge in [-0.15, -0.1) is 0 Å². The van der Waals surface area contributed by atoms with E-state index in [4.69, 9.17) is 0 Å². The minimum Gasteiger partial charge on any atom is -0.342 e. The number of ketones is 1. The minimum atomic E-state index is -0.431. The van der Waals surface area contributed by atoms with Crippen LogP contribution in [0.1, 0.15) is 30.6 Å². The number of hydrogen-bond donors (Lipinski definition) is 1. The molecule has 0 unspecified atom stereocenters. The lowest BCUT2D eigenvalue weighted by atomic mass is 10.1. The molecule has 2 aromatic rings. The molecule has 0 saturated heterocycles. The molecular weight excluding hydrogens is 240 g/mol. The van der Waals surface area contributed by atoms with Crippen molar-refractivity contribution in [3.05, 3.63) is 42.1 Å². The molecule has 1 atom stereocenters. The van der Waals surface area contributed by atoms with Gasteiger partial charge in [-0.05, 0) is 25.5 Å². The number of amides is 1. The molecule has 0 aliphatic heterocycles. The SMILES string of the molecule is CC[C@@H](NC(=O)c1ccnc2ccccc12)C(C)=O. The Kier molecular flexibility index (Phi) is 3.90. The van der Waals surface area contributed by atoms with Crippen LogP contribution in [0.5, 0.6) is 0 Å². The fourth-order valence-corrected chi connectivity index (χ4v) is 2.02. The van der Waals surface area contributed by atoms with E-state index in [9.17, 15) is 9.59 Å². The van der Waals surface area contributed by atoms with Crippen LogP contribution in [-0.2, 0) is 4.79 Å². The van der Waals surface area contributed by atoms with Crippen LogP contribution in [0, 0.1) is 0 Å². The molecule has 0 aliphatic carbocycles. The van der Waals surface area contributed by atoms with E-state index in [0.29, 0.717) is 12.0 Å². The van der Waals surface area contributed by atoms with E-state index in [-0.39, 0.29) is 11.7 Å². The molecule has 0 spiro atoms. The first-order valence-corrected chi connectivity index (χ1v) is 6.28.